The van der Waals surface area contributed by atoms with Crippen molar-refractivity contribution in [2.75, 3.05) is 4.90 Å². The predicted octanol–water partition coefficient (Wildman–Crippen LogP) is 3.45. The monoisotopic (exact) mass is 364 g/mol. The summed E-state index contributed by atoms with van der Waals surface area (Å²) in [6, 6.07) is 11.2. The fourth-order valence-electron chi connectivity index (χ4n) is 3.15. The Morgan fingerprint density at radius 2 is 1.81 bits per heavy atom. The largest absolute Gasteiger partial charge is 0.507 e. The van der Waals surface area contributed by atoms with E-state index in [0.29, 0.717) is 28.1 Å². The molecule has 2 aromatic carbocycles. The lowest BCUT2D eigenvalue weighted by Crippen LogP contribution is -2.22. The number of anilines is 1. The van der Waals surface area contributed by atoms with Crippen LogP contribution in [0.4, 0.5) is 10.1 Å². The first-order chi connectivity index (χ1) is 13.0. The molecule has 0 unspecified atom stereocenters. The number of rotatable bonds is 3. The molecule has 1 aliphatic heterocycles. The molecule has 0 fully saturated rings. The number of aromatic nitrogens is 1. The molecule has 0 bridgehead atoms. The summed E-state index contributed by atoms with van der Waals surface area (Å²) in [6.45, 7) is 0.211. The van der Waals surface area contributed by atoms with E-state index in [0.717, 1.165) is 6.07 Å². The summed E-state index contributed by atoms with van der Waals surface area (Å²) >= 11 is 0. The molecule has 2 heterocycles. The van der Waals surface area contributed by atoms with Crippen LogP contribution < -0.4 is 4.90 Å². The van der Waals surface area contributed by atoms with Crippen LogP contribution in [0.1, 0.15) is 26.3 Å². The van der Waals surface area contributed by atoms with Gasteiger partial charge in [0.2, 0.25) is 0 Å². The molecule has 7 heteroatoms. The average Bonchev–Trinajstić information content (AvgIpc) is 2.99. The maximum absolute atomic E-state index is 13.2. The second kappa shape index (κ2) is 6.21. The van der Waals surface area contributed by atoms with E-state index in [4.69, 9.17) is 5.11 Å². The number of amides is 1. The van der Waals surface area contributed by atoms with Crippen molar-refractivity contribution in [3.63, 3.8) is 0 Å². The van der Waals surface area contributed by atoms with E-state index in [1.165, 1.54) is 47.5 Å². The van der Waals surface area contributed by atoms with Crippen LogP contribution in [0.25, 0.3) is 11.3 Å². The molecule has 27 heavy (non-hydrogen) atoms. The molecule has 0 saturated heterocycles. The van der Waals surface area contributed by atoms with Crippen LogP contribution in [0.5, 0.6) is 5.75 Å². The number of carboxylic acid groups (broad SMARTS) is 1. The van der Waals surface area contributed by atoms with Gasteiger partial charge in [0.05, 0.1) is 17.8 Å². The quantitative estimate of drug-likeness (QED) is 0.743. The van der Waals surface area contributed by atoms with E-state index in [-0.39, 0.29) is 23.8 Å². The summed E-state index contributed by atoms with van der Waals surface area (Å²) in [5.41, 5.74) is 2.29. The number of pyridine rings is 1. The number of halogens is 1. The lowest BCUT2D eigenvalue weighted by atomic mass is 10.0. The van der Waals surface area contributed by atoms with Crippen molar-refractivity contribution >= 4 is 17.6 Å². The van der Waals surface area contributed by atoms with Gasteiger partial charge in [-0.05, 0) is 48.5 Å². The van der Waals surface area contributed by atoms with Gasteiger partial charge in [0.1, 0.15) is 11.6 Å². The van der Waals surface area contributed by atoms with Gasteiger partial charge in [-0.3, -0.25) is 9.78 Å². The highest BCUT2D eigenvalue weighted by atomic mass is 19.1. The normalized spacial score (nSPS) is 12.9. The van der Waals surface area contributed by atoms with Crippen molar-refractivity contribution < 1.29 is 24.2 Å². The lowest BCUT2D eigenvalue weighted by molar-refractivity contribution is 0.0696. The summed E-state index contributed by atoms with van der Waals surface area (Å²) in [5, 5.41) is 19.3. The highest BCUT2D eigenvalue weighted by Gasteiger charge is 2.32. The average molecular weight is 364 g/mol. The third-order valence-corrected chi connectivity index (χ3v) is 4.49. The Kier molecular flexibility index (Phi) is 3.84. The zero-order valence-electron chi connectivity index (χ0n) is 13.9. The number of nitrogens with zero attached hydrogens (tertiary/aromatic N) is 2. The number of hydrogen-bond donors (Lipinski definition) is 2. The summed E-state index contributed by atoms with van der Waals surface area (Å²) in [7, 11) is 0. The number of hydrogen-bond acceptors (Lipinski definition) is 4. The van der Waals surface area contributed by atoms with Gasteiger partial charge in [0, 0.05) is 28.6 Å². The smallest absolute Gasteiger partial charge is 0.335 e. The van der Waals surface area contributed by atoms with Crippen LogP contribution in [0.3, 0.4) is 0 Å². The second-order valence-electron chi connectivity index (χ2n) is 6.09. The number of carbonyl (C=O) groups is 2. The lowest BCUT2D eigenvalue weighted by Gasteiger charge is -2.15. The summed E-state index contributed by atoms with van der Waals surface area (Å²) in [5.74, 6) is -2.03. The molecule has 1 aliphatic rings. The molecule has 4 rings (SSSR count). The Morgan fingerprint density at radius 3 is 2.48 bits per heavy atom. The van der Waals surface area contributed by atoms with Gasteiger partial charge in [0.25, 0.3) is 5.91 Å². The number of aromatic carboxylic acids is 1. The molecule has 2 N–H and O–H groups in total. The minimum absolute atomic E-state index is 0.0483. The molecule has 0 aliphatic carbocycles. The number of benzene rings is 2. The van der Waals surface area contributed by atoms with E-state index in [1.54, 1.807) is 6.07 Å². The maximum atomic E-state index is 13.2. The van der Waals surface area contributed by atoms with Crippen molar-refractivity contribution in [3.8, 4) is 17.0 Å². The third-order valence-electron chi connectivity index (χ3n) is 4.49. The number of carbonyl (C=O) groups excluding carboxylic acids is 1. The first-order valence-electron chi connectivity index (χ1n) is 8.07. The van der Waals surface area contributed by atoms with Gasteiger partial charge in [-0.1, -0.05) is 0 Å². The zero-order valence-corrected chi connectivity index (χ0v) is 13.9. The van der Waals surface area contributed by atoms with Crippen LogP contribution >= 0.6 is 0 Å². The van der Waals surface area contributed by atoms with Gasteiger partial charge in [0.15, 0.2) is 0 Å². The third kappa shape index (κ3) is 2.79. The van der Waals surface area contributed by atoms with Crippen LogP contribution in [0, 0.1) is 5.82 Å². The predicted molar refractivity (Wildman–Crippen MR) is 95.2 cm³/mol. The molecule has 0 radical (unpaired) electrons. The Hall–Kier alpha value is -3.74. The van der Waals surface area contributed by atoms with E-state index >= 15 is 0 Å². The topological polar surface area (TPSA) is 90.7 Å². The van der Waals surface area contributed by atoms with E-state index in [9.17, 15) is 19.1 Å². The van der Waals surface area contributed by atoms with Crippen molar-refractivity contribution in [1.82, 2.24) is 4.98 Å². The Balaban J connectivity index is 1.78. The molecule has 3 aromatic rings. The van der Waals surface area contributed by atoms with Crippen LogP contribution in [-0.2, 0) is 6.54 Å². The molecule has 1 amide bonds. The van der Waals surface area contributed by atoms with Gasteiger partial charge >= 0.3 is 5.97 Å². The minimum Gasteiger partial charge on any atom is -0.507 e. The fourth-order valence-corrected chi connectivity index (χ4v) is 3.15. The molecule has 0 spiro atoms. The molecule has 6 nitrogen and oxygen atoms in total. The first kappa shape index (κ1) is 16.7. The fraction of sp³-hybridized carbons (Fsp3) is 0.0500. The van der Waals surface area contributed by atoms with Gasteiger partial charge in [-0.2, -0.15) is 0 Å². The van der Waals surface area contributed by atoms with Crippen molar-refractivity contribution in [2.45, 2.75) is 6.54 Å². The van der Waals surface area contributed by atoms with Crippen molar-refractivity contribution in [3.05, 3.63) is 77.2 Å². The highest BCUT2D eigenvalue weighted by Crippen LogP contribution is 2.37. The molecule has 0 saturated carbocycles. The SMILES string of the molecule is O=C(O)c1ccc(-c2nccc3c2CN(c2ccc(F)cc2)C3=O)c(O)c1. The molecular weight excluding hydrogens is 351 g/mol. The van der Waals surface area contributed by atoms with E-state index < -0.39 is 11.8 Å². The van der Waals surface area contributed by atoms with Gasteiger partial charge < -0.3 is 15.1 Å². The molecule has 0 atom stereocenters. The Labute approximate surface area is 153 Å². The summed E-state index contributed by atoms with van der Waals surface area (Å²) in [4.78, 5) is 29.6. The summed E-state index contributed by atoms with van der Waals surface area (Å²) < 4.78 is 13.2. The zero-order chi connectivity index (χ0) is 19.1. The first-order valence-corrected chi connectivity index (χ1v) is 8.07. The highest BCUT2D eigenvalue weighted by molar-refractivity contribution is 6.11. The van der Waals surface area contributed by atoms with Crippen LogP contribution in [0.2, 0.25) is 0 Å². The van der Waals surface area contributed by atoms with Crippen LogP contribution in [0.15, 0.2) is 54.7 Å². The number of phenols is 1. The number of fused-ring (bicyclic) bond motifs is 1. The number of phenolic OH excluding ortho intramolecular Hbond substituents is 1. The molecular formula is C20H13FN2O4. The van der Waals surface area contributed by atoms with Crippen LogP contribution in [-0.4, -0.2) is 27.1 Å². The Morgan fingerprint density at radius 1 is 1.07 bits per heavy atom. The number of carboxylic acids is 1. The minimum atomic E-state index is -1.15. The van der Waals surface area contributed by atoms with E-state index in [2.05, 4.69) is 4.98 Å². The molecule has 134 valence electrons. The van der Waals surface area contributed by atoms with E-state index in [1.807, 2.05) is 0 Å². The van der Waals surface area contributed by atoms with Gasteiger partial charge in [-0.15, -0.1) is 0 Å². The Bertz CT molecular complexity index is 1080. The van der Waals surface area contributed by atoms with Crippen molar-refractivity contribution in [1.29, 1.82) is 0 Å². The number of aromatic hydroxyl groups is 1. The second-order valence-corrected chi connectivity index (χ2v) is 6.09. The van der Waals surface area contributed by atoms with Gasteiger partial charge in [-0.25, -0.2) is 9.18 Å². The standard InChI is InChI=1S/C20H13FN2O4/c21-12-2-4-13(5-3-12)23-10-16-14(19(23)25)7-8-22-18(16)15-6-1-11(20(26)27)9-17(15)24/h1-9,24H,10H2,(H,26,27). The van der Waals surface area contributed by atoms with Crippen molar-refractivity contribution in [2.24, 2.45) is 0 Å². The summed E-state index contributed by atoms with van der Waals surface area (Å²) in [6.07, 6.45) is 1.46. The molecule has 1 aromatic heterocycles. The maximum Gasteiger partial charge on any atom is 0.335 e.